The molecule has 0 aromatic heterocycles. The summed E-state index contributed by atoms with van der Waals surface area (Å²) in [6, 6.07) is 89.0. The average Bonchev–Trinajstić information content (AvgIpc) is 3.81. The molecule has 0 bridgehead atoms. The van der Waals surface area contributed by atoms with Crippen molar-refractivity contribution in [2.24, 2.45) is 0 Å². The molecule has 0 heterocycles. The molecule has 10 aromatic rings. The standard InChI is InChI=1S/C59H40N2/c1-5-20-41(21-6-1)42-23-19-30-47(38-42)60(44-24-7-2-8-25-44)48-36-37-51-50-32-15-17-34-53(50)59(55(51)40-48)54-35-18-16-33-52(54)57-56(39-43-22-13-14-31-49(43)58(57)59)61(45-26-9-3-10-27-45)46-28-11-4-12-29-46/h1-40H. The highest BCUT2D eigenvalue weighted by Crippen LogP contribution is 2.66. The van der Waals surface area contributed by atoms with Gasteiger partial charge < -0.3 is 9.80 Å². The molecule has 61 heavy (non-hydrogen) atoms. The summed E-state index contributed by atoms with van der Waals surface area (Å²) in [4.78, 5) is 4.88. The van der Waals surface area contributed by atoms with Crippen LogP contribution < -0.4 is 9.80 Å². The molecule has 286 valence electrons. The molecule has 2 heteroatoms. The highest BCUT2D eigenvalue weighted by Gasteiger charge is 2.53. The maximum Gasteiger partial charge on any atom is 0.0733 e. The smallest absolute Gasteiger partial charge is 0.0733 e. The van der Waals surface area contributed by atoms with Gasteiger partial charge in [-0.2, -0.15) is 0 Å². The van der Waals surface area contributed by atoms with Gasteiger partial charge in [0.25, 0.3) is 0 Å². The summed E-state index contributed by atoms with van der Waals surface area (Å²) < 4.78 is 0. The Hall–Kier alpha value is -7.94. The zero-order valence-corrected chi connectivity index (χ0v) is 33.5. The second kappa shape index (κ2) is 14.1. The van der Waals surface area contributed by atoms with Gasteiger partial charge in [0.15, 0.2) is 0 Å². The Morgan fingerprint density at radius 3 is 1.48 bits per heavy atom. The quantitative estimate of drug-likeness (QED) is 0.159. The van der Waals surface area contributed by atoms with Crippen LogP contribution in [0.25, 0.3) is 44.2 Å². The van der Waals surface area contributed by atoms with E-state index in [0.29, 0.717) is 0 Å². The summed E-state index contributed by atoms with van der Waals surface area (Å²) >= 11 is 0. The van der Waals surface area contributed by atoms with Crippen LogP contribution >= 0.6 is 0 Å². The van der Waals surface area contributed by atoms with E-state index in [4.69, 9.17) is 0 Å². The summed E-state index contributed by atoms with van der Waals surface area (Å²) in [5.41, 5.74) is 18.9. The van der Waals surface area contributed by atoms with Crippen LogP contribution in [0.3, 0.4) is 0 Å². The molecule has 0 saturated carbocycles. The number of nitrogens with zero attached hydrogens (tertiary/aromatic N) is 2. The predicted octanol–water partition coefficient (Wildman–Crippen LogP) is 15.8. The minimum absolute atomic E-state index is 0.600. The number of fused-ring (bicyclic) bond motifs is 12. The van der Waals surface area contributed by atoms with Crippen LogP contribution in [0, 0.1) is 0 Å². The van der Waals surface area contributed by atoms with E-state index in [1.807, 2.05) is 0 Å². The van der Waals surface area contributed by atoms with Crippen LogP contribution in [0.1, 0.15) is 22.3 Å². The molecule has 1 atom stereocenters. The Bertz CT molecular complexity index is 3210. The summed E-state index contributed by atoms with van der Waals surface area (Å²) in [5, 5.41) is 2.48. The Labute approximate surface area is 356 Å². The SMILES string of the molecule is c1ccc(-c2cccc(N(c3ccccc3)c3ccc4c(c3)C3(c5ccccc5-4)c4ccccc4-c4c(N(c5ccccc5)c5ccccc5)cc5ccccc5c43)c2)cc1. The zero-order chi connectivity index (χ0) is 40.3. The van der Waals surface area contributed by atoms with Gasteiger partial charge in [0.05, 0.1) is 11.1 Å². The van der Waals surface area contributed by atoms with Crippen molar-refractivity contribution in [2.75, 3.05) is 9.80 Å². The van der Waals surface area contributed by atoms with Crippen molar-refractivity contribution in [2.45, 2.75) is 5.41 Å². The van der Waals surface area contributed by atoms with E-state index in [1.165, 1.54) is 72.1 Å². The van der Waals surface area contributed by atoms with Gasteiger partial charge in [0.1, 0.15) is 0 Å². The number of rotatable bonds is 7. The van der Waals surface area contributed by atoms with Crippen LogP contribution in [0.15, 0.2) is 243 Å². The average molecular weight is 777 g/mol. The molecule has 0 N–H and O–H groups in total. The first-order valence-corrected chi connectivity index (χ1v) is 21.1. The summed E-state index contributed by atoms with van der Waals surface area (Å²) in [5.74, 6) is 0. The van der Waals surface area contributed by atoms with Gasteiger partial charge in [-0.3, -0.25) is 0 Å². The lowest BCUT2D eigenvalue weighted by atomic mass is 9.69. The third-order valence-corrected chi connectivity index (χ3v) is 12.8. The fraction of sp³-hybridized carbons (Fsp3) is 0.0169. The van der Waals surface area contributed by atoms with Crippen molar-refractivity contribution in [1.29, 1.82) is 0 Å². The molecule has 0 saturated heterocycles. The highest BCUT2D eigenvalue weighted by atomic mass is 15.1. The number of benzene rings is 10. The third-order valence-electron chi connectivity index (χ3n) is 12.8. The van der Waals surface area contributed by atoms with Gasteiger partial charge >= 0.3 is 0 Å². The third kappa shape index (κ3) is 5.36. The van der Waals surface area contributed by atoms with Gasteiger partial charge in [-0.15, -0.1) is 0 Å². The Morgan fingerprint density at radius 2 is 0.787 bits per heavy atom. The van der Waals surface area contributed by atoms with E-state index in [-0.39, 0.29) is 0 Å². The van der Waals surface area contributed by atoms with Crippen molar-refractivity contribution in [3.05, 3.63) is 265 Å². The molecule has 1 unspecified atom stereocenters. The minimum Gasteiger partial charge on any atom is -0.310 e. The van der Waals surface area contributed by atoms with Crippen molar-refractivity contribution >= 4 is 44.9 Å². The normalized spacial score (nSPS) is 14.3. The highest BCUT2D eigenvalue weighted by molar-refractivity contribution is 6.10. The fourth-order valence-electron chi connectivity index (χ4n) is 10.4. The van der Waals surface area contributed by atoms with E-state index in [1.54, 1.807) is 0 Å². The summed E-state index contributed by atoms with van der Waals surface area (Å²) in [6.45, 7) is 0. The van der Waals surface area contributed by atoms with Crippen molar-refractivity contribution in [1.82, 2.24) is 0 Å². The maximum absolute atomic E-state index is 2.50. The molecule has 2 nitrogen and oxygen atoms in total. The molecule has 0 fully saturated rings. The van der Waals surface area contributed by atoms with Gasteiger partial charge in [-0.05, 0) is 128 Å². The van der Waals surface area contributed by atoms with E-state index >= 15 is 0 Å². The second-order valence-electron chi connectivity index (χ2n) is 16.0. The Morgan fingerprint density at radius 1 is 0.295 bits per heavy atom. The van der Waals surface area contributed by atoms with Gasteiger partial charge in [0, 0.05) is 34.0 Å². The van der Waals surface area contributed by atoms with E-state index in [9.17, 15) is 0 Å². The second-order valence-corrected chi connectivity index (χ2v) is 16.0. The lowest BCUT2D eigenvalue weighted by Gasteiger charge is -2.34. The number of anilines is 6. The van der Waals surface area contributed by atoms with Crippen molar-refractivity contribution in [3.63, 3.8) is 0 Å². The molecule has 1 spiro atoms. The Balaban J connectivity index is 1.18. The van der Waals surface area contributed by atoms with E-state index in [2.05, 4.69) is 252 Å². The molecule has 0 aliphatic heterocycles. The largest absolute Gasteiger partial charge is 0.310 e. The lowest BCUT2D eigenvalue weighted by Crippen LogP contribution is -2.27. The summed E-state index contributed by atoms with van der Waals surface area (Å²) in [6.07, 6.45) is 0. The molecule has 10 aromatic carbocycles. The van der Waals surface area contributed by atoms with Crippen LogP contribution in [0.2, 0.25) is 0 Å². The molecule has 2 aliphatic carbocycles. The first-order valence-electron chi connectivity index (χ1n) is 21.1. The predicted molar refractivity (Wildman–Crippen MR) is 255 cm³/mol. The van der Waals surface area contributed by atoms with Crippen molar-refractivity contribution < 1.29 is 0 Å². The first-order chi connectivity index (χ1) is 30.3. The maximum atomic E-state index is 2.50. The van der Waals surface area contributed by atoms with Crippen LogP contribution in [0.5, 0.6) is 0 Å². The molecule has 0 radical (unpaired) electrons. The molecule has 0 amide bonds. The molecular weight excluding hydrogens is 737 g/mol. The zero-order valence-electron chi connectivity index (χ0n) is 33.5. The van der Waals surface area contributed by atoms with Crippen molar-refractivity contribution in [3.8, 4) is 33.4 Å². The number of para-hydroxylation sites is 3. The molecule has 2 aliphatic rings. The summed E-state index contributed by atoms with van der Waals surface area (Å²) in [7, 11) is 0. The minimum atomic E-state index is -0.600. The van der Waals surface area contributed by atoms with Gasteiger partial charge in [0.2, 0.25) is 0 Å². The molecule has 12 rings (SSSR count). The van der Waals surface area contributed by atoms with Gasteiger partial charge in [-0.1, -0.05) is 176 Å². The topological polar surface area (TPSA) is 6.48 Å². The number of hydrogen-bond acceptors (Lipinski definition) is 2. The monoisotopic (exact) mass is 776 g/mol. The van der Waals surface area contributed by atoms with Gasteiger partial charge in [-0.25, -0.2) is 0 Å². The van der Waals surface area contributed by atoms with Crippen LogP contribution in [-0.2, 0) is 5.41 Å². The van der Waals surface area contributed by atoms with E-state index in [0.717, 1.165) is 28.4 Å². The first kappa shape index (κ1) is 35.0. The lowest BCUT2D eigenvalue weighted by molar-refractivity contribution is 0.801. The fourth-order valence-corrected chi connectivity index (χ4v) is 10.4. The molecular formula is C59H40N2. The number of hydrogen-bond donors (Lipinski definition) is 0. The van der Waals surface area contributed by atoms with E-state index < -0.39 is 5.41 Å². The van der Waals surface area contributed by atoms with Crippen LogP contribution in [0.4, 0.5) is 34.1 Å². The van der Waals surface area contributed by atoms with Crippen LogP contribution in [-0.4, -0.2) is 0 Å². The Kier molecular flexibility index (Phi) is 8.11.